The standard InChI is InChI=1S/C14H25N/c1-6-9-10-12(4)13(7-2)11-14(13,8-3)15-5/h9-10,15H,4,6-8,11H2,1-3,5H3/b10-9-. The topological polar surface area (TPSA) is 12.0 Å². The highest BCUT2D eigenvalue weighted by molar-refractivity contribution is 5.39. The molecule has 1 saturated carbocycles. The highest BCUT2D eigenvalue weighted by atomic mass is 15.0. The van der Waals surface area contributed by atoms with Crippen molar-refractivity contribution in [1.29, 1.82) is 0 Å². The second kappa shape index (κ2) is 4.52. The van der Waals surface area contributed by atoms with E-state index < -0.39 is 0 Å². The van der Waals surface area contributed by atoms with Gasteiger partial charge in [-0.3, -0.25) is 0 Å². The number of rotatable bonds is 6. The van der Waals surface area contributed by atoms with Gasteiger partial charge in [-0.1, -0.05) is 39.5 Å². The maximum Gasteiger partial charge on any atom is 0.0282 e. The Kier molecular flexibility index (Phi) is 3.77. The molecule has 0 amide bonds. The first-order valence-electron chi connectivity index (χ1n) is 6.17. The summed E-state index contributed by atoms with van der Waals surface area (Å²) >= 11 is 0. The molecule has 1 heteroatoms. The fourth-order valence-corrected chi connectivity index (χ4v) is 2.97. The molecule has 1 aliphatic carbocycles. The lowest BCUT2D eigenvalue weighted by molar-refractivity contribution is 0.403. The molecule has 1 rings (SSSR count). The summed E-state index contributed by atoms with van der Waals surface area (Å²) in [5, 5.41) is 3.51. The van der Waals surface area contributed by atoms with Crippen LogP contribution in [0.5, 0.6) is 0 Å². The van der Waals surface area contributed by atoms with Crippen LogP contribution < -0.4 is 5.32 Å². The van der Waals surface area contributed by atoms with Crippen molar-refractivity contribution in [3.8, 4) is 0 Å². The number of hydrogen-bond donors (Lipinski definition) is 1. The Morgan fingerprint density at radius 1 is 1.33 bits per heavy atom. The summed E-state index contributed by atoms with van der Waals surface area (Å²) in [4.78, 5) is 0. The molecule has 0 aromatic carbocycles. The van der Waals surface area contributed by atoms with Crippen molar-refractivity contribution in [2.24, 2.45) is 5.41 Å². The molecule has 1 nitrogen and oxygen atoms in total. The Balaban J connectivity index is 2.82. The van der Waals surface area contributed by atoms with Crippen LogP contribution in [-0.4, -0.2) is 12.6 Å². The van der Waals surface area contributed by atoms with E-state index in [4.69, 9.17) is 0 Å². The molecular formula is C14H25N. The van der Waals surface area contributed by atoms with Gasteiger partial charge in [-0.15, -0.1) is 0 Å². The first kappa shape index (κ1) is 12.5. The van der Waals surface area contributed by atoms with E-state index in [-0.39, 0.29) is 0 Å². The van der Waals surface area contributed by atoms with E-state index >= 15 is 0 Å². The van der Waals surface area contributed by atoms with Crippen LogP contribution in [-0.2, 0) is 0 Å². The Morgan fingerprint density at radius 2 is 2.00 bits per heavy atom. The Bertz CT molecular complexity index is 261. The third-order valence-electron chi connectivity index (χ3n) is 4.25. The second-order valence-corrected chi connectivity index (χ2v) is 4.63. The predicted molar refractivity (Wildman–Crippen MR) is 68.0 cm³/mol. The van der Waals surface area contributed by atoms with E-state index in [2.05, 4.69) is 51.9 Å². The molecule has 1 N–H and O–H groups in total. The lowest BCUT2D eigenvalue weighted by atomic mass is 9.87. The summed E-state index contributed by atoms with van der Waals surface area (Å²) in [7, 11) is 2.08. The molecule has 0 aromatic rings. The Morgan fingerprint density at radius 3 is 2.33 bits per heavy atom. The minimum Gasteiger partial charge on any atom is -0.313 e. The minimum absolute atomic E-state index is 0.316. The smallest absolute Gasteiger partial charge is 0.0282 e. The van der Waals surface area contributed by atoms with Crippen molar-refractivity contribution in [3.05, 3.63) is 24.3 Å². The zero-order valence-electron chi connectivity index (χ0n) is 10.7. The third-order valence-corrected chi connectivity index (χ3v) is 4.25. The first-order valence-corrected chi connectivity index (χ1v) is 6.17. The maximum atomic E-state index is 4.26. The van der Waals surface area contributed by atoms with E-state index in [1.165, 1.54) is 24.8 Å². The number of allylic oxidation sites excluding steroid dienone is 2. The zero-order chi connectivity index (χ0) is 11.5. The van der Waals surface area contributed by atoms with Gasteiger partial charge in [-0.25, -0.2) is 0 Å². The van der Waals surface area contributed by atoms with Gasteiger partial charge in [0.25, 0.3) is 0 Å². The van der Waals surface area contributed by atoms with Crippen LogP contribution in [0.25, 0.3) is 0 Å². The van der Waals surface area contributed by atoms with Crippen molar-refractivity contribution in [2.75, 3.05) is 7.05 Å². The molecule has 2 atom stereocenters. The second-order valence-electron chi connectivity index (χ2n) is 4.63. The molecule has 0 saturated heterocycles. The normalized spacial score (nSPS) is 34.7. The van der Waals surface area contributed by atoms with Crippen LogP contribution >= 0.6 is 0 Å². The number of nitrogens with one attached hydrogen (secondary N) is 1. The zero-order valence-corrected chi connectivity index (χ0v) is 10.7. The SMILES string of the molecule is C=C(/C=C\CC)C1(CC)CC1(CC)NC. The van der Waals surface area contributed by atoms with Crippen molar-refractivity contribution >= 4 is 0 Å². The highest BCUT2D eigenvalue weighted by Crippen LogP contribution is 2.64. The van der Waals surface area contributed by atoms with Gasteiger partial charge in [-0.2, -0.15) is 0 Å². The number of hydrogen-bond acceptors (Lipinski definition) is 1. The summed E-state index contributed by atoms with van der Waals surface area (Å²) in [6.07, 6.45) is 9.16. The molecule has 0 radical (unpaired) electrons. The molecule has 86 valence electrons. The quantitative estimate of drug-likeness (QED) is 0.655. The van der Waals surface area contributed by atoms with Crippen LogP contribution in [0.2, 0.25) is 0 Å². The predicted octanol–water partition coefficient (Wildman–Crippen LogP) is 3.68. The summed E-state index contributed by atoms with van der Waals surface area (Å²) < 4.78 is 0. The average Bonchev–Trinajstić information content (AvgIpc) is 2.96. The van der Waals surface area contributed by atoms with Crippen LogP contribution in [0.15, 0.2) is 24.3 Å². The first-order chi connectivity index (χ1) is 7.12. The maximum absolute atomic E-state index is 4.26. The van der Waals surface area contributed by atoms with Crippen molar-refractivity contribution in [2.45, 2.75) is 52.0 Å². The van der Waals surface area contributed by atoms with Crippen LogP contribution in [0, 0.1) is 5.41 Å². The van der Waals surface area contributed by atoms with Gasteiger partial charge in [-0.05, 0) is 38.3 Å². The van der Waals surface area contributed by atoms with E-state index in [1.54, 1.807) is 0 Å². The van der Waals surface area contributed by atoms with Crippen LogP contribution in [0.4, 0.5) is 0 Å². The van der Waals surface area contributed by atoms with Gasteiger partial charge in [0.15, 0.2) is 0 Å². The van der Waals surface area contributed by atoms with Gasteiger partial charge in [0.1, 0.15) is 0 Å². The van der Waals surface area contributed by atoms with E-state index in [9.17, 15) is 0 Å². The van der Waals surface area contributed by atoms with E-state index in [0.29, 0.717) is 11.0 Å². The average molecular weight is 207 g/mol. The van der Waals surface area contributed by atoms with Crippen molar-refractivity contribution in [3.63, 3.8) is 0 Å². The largest absolute Gasteiger partial charge is 0.313 e. The molecule has 0 heterocycles. The molecule has 2 unspecified atom stereocenters. The lowest BCUT2D eigenvalue weighted by Crippen LogP contribution is -2.34. The minimum atomic E-state index is 0.316. The molecule has 0 aromatic heterocycles. The summed E-state index contributed by atoms with van der Waals surface area (Å²) in [6.45, 7) is 11.0. The Labute approximate surface area is 94.6 Å². The fourth-order valence-electron chi connectivity index (χ4n) is 2.97. The molecule has 0 bridgehead atoms. The van der Waals surface area contributed by atoms with Crippen LogP contribution in [0.3, 0.4) is 0 Å². The molecule has 15 heavy (non-hydrogen) atoms. The van der Waals surface area contributed by atoms with Gasteiger partial charge < -0.3 is 5.32 Å². The van der Waals surface area contributed by atoms with Crippen LogP contribution in [0.1, 0.15) is 46.5 Å². The van der Waals surface area contributed by atoms with Gasteiger partial charge >= 0.3 is 0 Å². The lowest BCUT2D eigenvalue weighted by Gasteiger charge is -2.24. The third kappa shape index (κ3) is 1.78. The van der Waals surface area contributed by atoms with Gasteiger partial charge in [0.2, 0.25) is 0 Å². The summed E-state index contributed by atoms with van der Waals surface area (Å²) in [5.74, 6) is 0. The summed E-state index contributed by atoms with van der Waals surface area (Å²) in [5.41, 5.74) is 1.95. The van der Waals surface area contributed by atoms with E-state index in [0.717, 1.165) is 6.42 Å². The van der Waals surface area contributed by atoms with Crippen molar-refractivity contribution in [1.82, 2.24) is 5.32 Å². The molecular weight excluding hydrogens is 182 g/mol. The Hall–Kier alpha value is -0.560. The van der Waals surface area contributed by atoms with Gasteiger partial charge in [0, 0.05) is 11.0 Å². The fraction of sp³-hybridized carbons (Fsp3) is 0.714. The monoisotopic (exact) mass is 207 g/mol. The van der Waals surface area contributed by atoms with Crippen molar-refractivity contribution < 1.29 is 0 Å². The molecule has 0 aliphatic heterocycles. The summed E-state index contributed by atoms with van der Waals surface area (Å²) in [6, 6.07) is 0. The molecule has 1 fully saturated rings. The highest BCUT2D eigenvalue weighted by Gasteiger charge is 2.64. The van der Waals surface area contributed by atoms with Gasteiger partial charge in [0.05, 0.1) is 0 Å². The molecule has 1 aliphatic rings. The molecule has 0 spiro atoms. The van der Waals surface area contributed by atoms with E-state index in [1.807, 2.05) is 0 Å².